The van der Waals surface area contributed by atoms with Gasteiger partial charge in [0.05, 0.1) is 12.4 Å². The summed E-state index contributed by atoms with van der Waals surface area (Å²) in [6.45, 7) is 1.86. The topological polar surface area (TPSA) is 21.9 Å². The van der Waals surface area contributed by atoms with Gasteiger partial charge in [-0.05, 0) is 42.8 Å². The van der Waals surface area contributed by atoms with Gasteiger partial charge in [0.25, 0.3) is 5.82 Å². The Morgan fingerprint density at radius 2 is 1.79 bits per heavy atom. The molecule has 3 aromatic carbocycles. The van der Waals surface area contributed by atoms with Gasteiger partial charge in [-0.1, -0.05) is 18.2 Å². The van der Waals surface area contributed by atoms with Crippen LogP contribution in [0.25, 0.3) is 39.0 Å². The van der Waals surface area contributed by atoms with Gasteiger partial charge >= 0.3 is 0 Å². The number of halogens is 2. The van der Waals surface area contributed by atoms with Crippen LogP contribution < -0.4 is 4.57 Å². The lowest BCUT2D eigenvalue weighted by Crippen LogP contribution is -2.29. The summed E-state index contributed by atoms with van der Waals surface area (Å²) in [5.41, 5.74) is 3.27. The molecule has 5 heteroatoms. The fourth-order valence-electron chi connectivity index (χ4n) is 3.85. The zero-order valence-corrected chi connectivity index (χ0v) is 15.4. The van der Waals surface area contributed by atoms with E-state index in [1.54, 1.807) is 6.07 Å². The number of furan rings is 1. The van der Waals surface area contributed by atoms with Crippen molar-refractivity contribution in [1.29, 1.82) is 0 Å². The van der Waals surface area contributed by atoms with Crippen molar-refractivity contribution in [3.05, 3.63) is 84.2 Å². The van der Waals surface area contributed by atoms with Crippen LogP contribution in [0.1, 0.15) is 5.56 Å². The molecule has 0 unspecified atom stereocenters. The quantitative estimate of drug-likeness (QED) is 0.376. The molecule has 0 aliphatic rings. The predicted molar refractivity (Wildman–Crippen MR) is 104 cm³/mol. The summed E-state index contributed by atoms with van der Waals surface area (Å²) < 4.78 is 38.6. The van der Waals surface area contributed by atoms with Gasteiger partial charge in [-0.3, -0.25) is 0 Å². The first-order chi connectivity index (χ1) is 13.5. The highest BCUT2D eigenvalue weighted by Gasteiger charge is 2.27. The van der Waals surface area contributed by atoms with Gasteiger partial charge in [0, 0.05) is 11.5 Å². The predicted octanol–water partition coefficient (Wildman–Crippen LogP) is 5.45. The fourth-order valence-corrected chi connectivity index (χ4v) is 3.85. The molecule has 28 heavy (non-hydrogen) atoms. The Hall–Kier alpha value is -3.47. The van der Waals surface area contributed by atoms with E-state index < -0.39 is 5.82 Å². The molecule has 5 aromatic rings. The Bertz CT molecular complexity index is 1350. The Balaban J connectivity index is 1.91. The minimum Gasteiger partial charge on any atom is -0.455 e. The van der Waals surface area contributed by atoms with E-state index >= 15 is 0 Å². The number of hydrogen-bond donors (Lipinski definition) is 0. The van der Waals surface area contributed by atoms with E-state index in [2.05, 4.69) is 0 Å². The summed E-state index contributed by atoms with van der Waals surface area (Å²) in [6, 6.07) is 15.6. The second-order valence-electron chi connectivity index (χ2n) is 6.94. The number of hydrogen-bond acceptors (Lipinski definition) is 1. The van der Waals surface area contributed by atoms with Crippen LogP contribution in [-0.2, 0) is 7.05 Å². The number of para-hydroxylation sites is 1. The van der Waals surface area contributed by atoms with Gasteiger partial charge in [-0.2, -0.15) is 4.57 Å². The third kappa shape index (κ3) is 2.36. The van der Waals surface area contributed by atoms with Crippen molar-refractivity contribution >= 4 is 21.9 Å². The first kappa shape index (κ1) is 16.7. The van der Waals surface area contributed by atoms with Crippen LogP contribution in [0.15, 0.2) is 71.4 Å². The average molecular weight is 375 g/mol. The molecule has 5 rings (SSSR count). The number of fused-ring (bicyclic) bond motifs is 3. The molecule has 0 saturated heterocycles. The highest BCUT2D eigenvalue weighted by Crippen LogP contribution is 2.39. The second-order valence-corrected chi connectivity index (χ2v) is 6.94. The zero-order valence-electron chi connectivity index (χ0n) is 15.4. The molecule has 0 amide bonds. The fraction of sp³-hybridized carbons (Fsp3) is 0.0870. The van der Waals surface area contributed by atoms with Crippen molar-refractivity contribution < 1.29 is 17.8 Å². The van der Waals surface area contributed by atoms with E-state index in [9.17, 15) is 8.78 Å². The first-order valence-corrected chi connectivity index (χ1v) is 8.98. The van der Waals surface area contributed by atoms with E-state index in [-0.39, 0.29) is 5.82 Å². The van der Waals surface area contributed by atoms with Crippen LogP contribution in [-0.4, -0.2) is 4.57 Å². The molecule has 2 aromatic heterocycles. The number of benzene rings is 3. The number of aromatic nitrogens is 2. The third-order valence-electron chi connectivity index (χ3n) is 5.12. The molecule has 138 valence electrons. The van der Waals surface area contributed by atoms with Crippen LogP contribution in [0, 0.1) is 18.6 Å². The smallest absolute Gasteiger partial charge is 0.297 e. The van der Waals surface area contributed by atoms with E-state index in [0.29, 0.717) is 21.9 Å². The molecule has 0 bridgehead atoms. The summed E-state index contributed by atoms with van der Waals surface area (Å²) in [7, 11) is 1.94. The molecule has 0 atom stereocenters. The molecule has 0 saturated carbocycles. The van der Waals surface area contributed by atoms with Crippen molar-refractivity contribution in [2.75, 3.05) is 0 Å². The van der Waals surface area contributed by atoms with Crippen molar-refractivity contribution in [2.45, 2.75) is 6.92 Å². The minimum atomic E-state index is -0.413. The van der Waals surface area contributed by atoms with Crippen molar-refractivity contribution in [1.82, 2.24) is 4.57 Å². The second kappa shape index (κ2) is 6.02. The molecule has 0 radical (unpaired) electrons. The van der Waals surface area contributed by atoms with Crippen LogP contribution in [0.2, 0.25) is 0 Å². The Morgan fingerprint density at radius 3 is 2.57 bits per heavy atom. The van der Waals surface area contributed by atoms with E-state index in [0.717, 1.165) is 22.6 Å². The molecule has 0 aliphatic carbocycles. The van der Waals surface area contributed by atoms with E-state index in [4.69, 9.17) is 4.42 Å². The largest absolute Gasteiger partial charge is 0.455 e. The maximum Gasteiger partial charge on any atom is 0.297 e. The number of nitrogens with zero attached hydrogens (tertiary/aromatic N) is 2. The highest BCUT2D eigenvalue weighted by molar-refractivity contribution is 6.09. The average Bonchev–Trinajstić information content (AvgIpc) is 3.23. The van der Waals surface area contributed by atoms with Crippen molar-refractivity contribution in [3.63, 3.8) is 0 Å². The van der Waals surface area contributed by atoms with E-state index in [1.165, 1.54) is 18.2 Å². The number of imidazole rings is 1. The SMILES string of the molecule is Cc1cc(F)c2c(oc3cc(F)ccc32)c1-c1n(-c2ccccc2)cc[n+]1C. The normalized spacial score (nSPS) is 11.6. The Morgan fingerprint density at radius 1 is 1.00 bits per heavy atom. The first-order valence-electron chi connectivity index (χ1n) is 8.98. The lowest BCUT2D eigenvalue weighted by atomic mass is 10.0. The molecule has 0 fully saturated rings. The Labute approximate surface area is 160 Å². The summed E-state index contributed by atoms with van der Waals surface area (Å²) in [4.78, 5) is 0. The van der Waals surface area contributed by atoms with Crippen LogP contribution >= 0.6 is 0 Å². The maximum atomic E-state index is 14.9. The standard InChI is InChI=1S/C23H17F2N2O/c1-14-12-18(25)21-17-9-8-15(24)13-19(17)28-22(21)20(14)23-26(2)10-11-27(23)16-6-4-3-5-7-16/h3-13H,1-2H3/q+1. The monoisotopic (exact) mass is 375 g/mol. The summed E-state index contributed by atoms with van der Waals surface area (Å²) in [5, 5.41) is 0.937. The van der Waals surface area contributed by atoms with Gasteiger partial charge in [0.2, 0.25) is 0 Å². The maximum absolute atomic E-state index is 14.9. The van der Waals surface area contributed by atoms with Gasteiger partial charge in [-0.15, -0.1) is 0 Å². The molecule has 3 nitrogen and oxygen atoms in total. The molecular weight excluding hydrogens is 358 g/mol. The lowest BCUT2D eigenvalue weighted by Gasteiger charge is -2.07. The van der Waals surface area contributed by atoms with Crippen LogP contribution in [0.4, 0.5) is 8.78 Å². The highest BCUT2D eigenvalue weighted by atomic mass is 19.1. The van der Waals surface area contributed by atoms with Gasteiger partial charge < -0.3 is 4.42 Å². The van der Waals surface area contributed by atoms with Crippen LogP contribution in [0.5, 0.6) is 0 Å². The van der Waals surface area contributed by atoms with Gasteiger partial charge in [-0.25, -0.2) is 13.3 Å². The zero-order chi connectivity index (χ0) is 19.4. The van der Waals surface area contributed by atoms with Crippen LogP contribution in [0.3, 0.4) is 0 Å². The molecule has 0 N–H and O–H groups in total. The third-order valence-corrected chi connectivity index (χ3v) is 5.12. The van der Waals surface area contributed by atoms with Gasteiger partial charge in [0.15, 0.2) is 5.58 Å². The number of rotatable bonds is 2. The number of aryl methyl sites for hydroxylation is 2. The van der Waals surface area contributed by atoms with Gasteiger partial charge in [0.1, 0.15) is 40.9 Å². The van der Waals surface area contributed by atoms with E-state index in [1.807, 2.05) is 65.8 Å². The molecular formula is C23H17F2N2O+. The Kier molecular flexibility index (Phi) is 3.59. The van der Waals surface area contributed by atoms with Crippen molar-refractivity contribution in [3.8, 4) is 17.1 Å². The minimum absolute atomic E-state index is 0.334. The summed E-state index contributed by atoms with van der Waals surface area (Å²) >= 11 is 0. The molecule has 2 heterocycles. The molecule has 0 aliphatic heterocycles. The van der Waals surface area contributed by atoms with Crippen molar-refractivity contribution in [2.24, 2.45) is 7.05 Å². The summed E-state index contributed by atoms with van der Waals surface area (Å²) in [6.07, 6.45) is 3.90. The molecule has 0 spiro atoms. The lowest BCUT2D eigenvalue weighted by molar-refractivity contribution is -0.659. The summed E-state index contributed by atoms with van der Waals surface area (Å²) in [5.74, 6) is 0.0683.